The first-order chi connectivity index (χ1) is 45.2. The van der Waals surface area contributed by atoms with Crippen molar-refractivity contribution in [1.29, 1.82) is 0 Å². The van der Waals surface area contributed by atoms with Crippen LogP contribution in [0.15, 0.2) is 123 Å². The summed E-state index contributed by atoms with van der Waals surface area (Å²) in [6.45, 7) is 14.9. The number of carbonyl (C=O) groups is 3. The molecule has 0 aliphatic carbocycles. The molecule has 478 valence electrons. The van der Waals surface area contributed by atoms with E-state index in [-0.39, 0.29) is 0 Å². The summed E-state index contributed by atoms with van der Waals surface area (Å²) in [4.78, 5) is 54.1. The van der Waals surface area contributed by atoms with Gasteiger partial charge in [-0.3, -0.25) is 14.4 Å². The molecule has 0 aliphatic rings. The van der Waals surface area contributed by atoms with Crippen molar-refractivity contribution in [2.24, 2.45) is 0 Å². The third-order valence-corrected chi connectivity index (χ3v) is 39.9. The number of benzene rings is 2. The van der Waals surface area contributed by atoms with Gasteiger partial charge in [0.2, 0.25) is 0 Å². The van der Waals surface area contributed by atoms with Gasteiger partial charge in [0.1, 0.15) is 0 Å². The van der Waals surface area contributed by atoms with Crippen molar-refractivity contribution in [3.63, 3.8) is 0 Å². The van der Waals surface area contributed by atoms with Gasteiger partial charge in [0.25, 0.3) is 0 Å². The number of rotatable bonds is 11. The van der Waals surface area contributed by atoms with Crippen molar-refractivity contribution in [2.45, 2.75) is 74.1 Å². The lowest BCUT2D eigenvalue weighted by atomic mass is 10.1. The molecule has 0 aliphatic heterocycles. The van der Waals surface area contributed by atoms with Crippen LogP contribution in [0.5, 0.6) is 0 Å². The summed E-state index contributed by atoms with van der Waals surface area (Å²) in [6.07, 6.45) is 6.36. The van der Waals surface area contributed by atoms with Gasteiger partial charge in [-0.05, 0) is 252 Å². The Bertz CT molecular complexity index is 5350. The van der Waals surface area contributed by atoms with E-state index in [1.165, 1.54) is 152 Å². The maximum Gasteiger partial charge on any atom is 0.160 e. The van der Waals surface area contributed by atoms with Gasteiger partial charge in [-0.1, -0.05) is 0 Å². The molecular weight excluding hydrogens is 1850 g/mol. The van der Waals surface area contributed by atoms with Gasteiger partial charge in [-0.2, -0.15) is 0 Å². The Kier molecular flexibility index (Phi) is 22.6. The molecule has 3 nitrogen and oxygen atoms in total. The minimum absolute atomic E-state index is 0.760. The summed E-state index contributed by atoms with van der Waals surface area (Å²) in [6, 6.07) is 35.3. The van der Waals surface area contributed by atoms with E-state index >= 15 is 0 Å². The van der Waals surface area contributed by atoms with Crippen LogP contribution in [0.2, 0.25) is 0 Å². The van der Waals surface area contributed by atoms with Crippen LogP contribution >= 0.6 is 266 Å². The average Bonchev–Trinajstić information content (AvgIpc) is 1.59. The predicted molar refractivity (Wildman–Crippen MR) is 453 cm³/mol. The topological polar surface area (TPSA) is 51.2 Å². The molecule has 0 amide bonds. The lowest BCUT2D eigenvalue weighted by molar-refractivity contribution is 0.111. The van der Waals surface area contributed by atoms with Crippen LogP contribution in [0.3, 0.4) is 0 Å². The highest BCUT2D eigenvalue weighted by Gasteiger charge is 2.24. The Morgan fingerprint density at radius 2 is 0.628 bits per heavy atom. The molecule has 2 aromatic carbocycles. The highest BCUT2D eigenvalue weighted by molar-refractivity contribution is 9.14. The quantitative estimate of drug-likeness (QED) is 0.121. The summed E-state index contributed by atoms with van der Waals surface area (Å²) in [5.41, 5.74) is 1.52. The minimum atomic E-state index is 0.760. The second-order valence-corrected chi connectivity index (χ2v) is 45.6. The van der Waals surface area contributed by atoms with Crippen molar-refractivity contribution >= 4 is 362 Å². The molecule has 17 aromatic rings. The number of thiophene rings is 15. The van der Waals surface area contributed by atoms with E-state index in [4.69, 9.17) is 0 Å². The highest BCUT2D eigenvalue weighted by atomic mass is 79.9. The lowest BCUT2D eigenvalue weighted by Crippen LogP contribution is -1.87. The van der Waals surface area contributed by atoms with Crippen LogP contribution in [0, 0.1) is 48.5 Å². The number of hydrogen-bond acceptors (Lipinski definition) is 18. The molecule has 15 aromatic heterocycles. The van der Waals surface area contributed by atoms with E-state index in [2.05, 4.69) is 222 Å². The molecule has 17 rings (SSSR count). The van der Waals surface area contributed by atoms with Gasteiger partial charge in [0.15, 0.2) is 18.9 Å². The van der Waals surface area contributed by atoms with Crippen LogP contribution in [-0.2, 0) is 25.7 Å². The standard InChI is InChI=1S/C20H16O2S4.C20H12S4.C18H14Br2S4.C6Br4S2.C6H6OS/c1-11-3-5-13(23-11)7-17-15(9-21)19-20(25-17)16(10-22)18(26-19)8-14-6-4-12(2)24-14;1-9-3-11-5-13-17(7-15(11)21-9)23-20-14-6-12-4-10(2)22-16(12)8-18(14)24-19(13)20;1-9-3-5-11(21-9)7-13-15(19)17-18(23-13)16(20)14(24-17)8-12-6-4-10(2)22-12;7-1-3-4(12-5(1)9)2(8)6(10)11-3;1-5-2-3-6(4-7)8-5/h3-6,9-10H,7-8H2,1-2H3;3-8H,1-2H3;3-6H,7-8H2,1-2H3;;2-4H,1H3. The first-order valence-corrected chi connectivity index (χ1v) is 45.7. The molecular formula is C70H48Br6O3S15. The van der Waals surface area contributed by atoms with Crippen LogP contribution in [0.1, 0.15) is 104 Å². The molecule has 0 atom stereocenters. The van der Waals surface area contributed by atoms with Gasteiger partial charge in [0.05, 0.1) is 59.0 Å². The Morgan fingerprint density at radius 1 is 0.287 bits per heavy atom. The summed E-state index contributed by atoms with van der Waals surface area (Å²) < 4.78 is 23.1. The van der Waals surface area contributed by atoms with E-state index < -0.39 is 0 Å². The summed E-state index contributed by atoms with van der Waals surface area (Å²) >= 11 is 48.8. The van der Waals surface area contributed by atoms with E-state index in [1.54, 1.807) is 68.0 Å². The molecule has 0 unspecified atom stereocenters. The molecule has 0 bridgehead atoms. The lowest BCUT2D eigenvalue weighted by Gasteiger charge is -1.98. The van der Waals surface area contributed by atoms with Gasteiger partial charge in [0, 0.05) is 148 Å². The second-order valence-electron chi connectivity index (χ2n) is 21.8. The van der Waals surface area contributed by atoms with Crippen LogP contribution < -0.4 is 0 Å². The number of aryl methyl sites for hydroxylation is 7. The number of aldehydes is 3. The fraction of sp³-hybridized carbons (Fsp3) is 0.157. The van der Waals surface area contributed by atoms with E-state index in [1.807, 2.05) is 110 Å². The second kappa shape index (κ2) is 30.2. The predicted octanol–water partition coefficient (Wildman–Crippen LogP) is 31.1. The Hall–Kier alpha value is -2.09. The smallest absolute Gasteiger partial charge is 0.160 e. The first-order valence-electron chi connectivity index (χ1n) is 28.7. The molecule has 0 N–H and O–H groups in total. The van der Waals surface area contributed by atoms with Gasteiger partial charge >= 0.3 is 0 Å². The maximum absolute atomic E-state index is 11.8. The largest absolute Gasteiger partial charge is 0.298 e. The van der Waals surface area contributed by atoms with Gasteiger partial charge < -0.3 is 0 Å². The zero-order valence-electron chi connectivity index (χ0n) is 50.4. The Labute approximate surface area is 653 Å². The summed E-state index contributed by atoms with van der Waals surface area (Å²) in [7, 11) is 0. The van der Waals surface area contributed by atoms with E-state index in [0.29, 0.717) is 0 Å². The first kappa shape index (κ1) is 70.4. The molecule has 15 heterocycles. The summed E-state index contributed by atoms with van der Waals surface area (Å²) in [5.74, 6) is 0. The minimum Gasteiger partial charge on any atom is -0.298 e. The Balaban J connectivity index is 0.000000112. The van der Waals surface area contributed by atoms with E-state index in [0.717, 1.165) is 96.2 Å². The number of fused-ring (bicyclic) bond motifs is 10. The fourth-order valence-electron chi connectivity index (χ4n) is 10.6. The fourth-order valence-corrected chi connectivity index (χ4v) is 32.4. The molecule has 0 fully saturated rings. The van der Waals surface area contributed by atoms with Crippen LogP contribution in [0.25, 0.3) is 77.9 Å². The third-order valence-electron chi connectivity index (χ3n) is 14.9. The maximum atomic E-state index is 11.8. The number of halogens is 6. The monoisotopic (exact) mass is 1890 g/mol. The molecule has 0 radical (unpaired) electrons. The zero-order chi connectivity index (χ0) is 66.0. The van der Waals surface area contributed by atoms with Crippen LogP contribution in [0.4, 0.5) is 0 Å². The van der Waals surface area contributed by atoms with Gasteiger partial charge in [-0.25, -0.2) is 0 Å². The van der Waals surface area contributed by atoms with Crippen molar-refractivity contribution in [1.82, 2.24) is 0 Å². The highest BCUT2D eigenvalue weighted by Crippen LogP contribution is 2.52. The molecule has 0 spiro atoms. The number of carbonyl (C=O) groups excluding carboxylic acids is 3. The van der Waals surface area contributed by atoms with Crippen LogP contribution in [-0.4, -0.2) is 18.9 Å². The molecule has 24 heteroatoms. The molecule has 0 saturated heterocycles. The van der Waals surface area contributed by atoms with Crippen molar-refractivity contribution in [3.05, 3.63) is 212 Å². The normalized spacial score (nSPS) is 11.5. The zero-order valence-corrected chi connectivity index (χ0v) is 72.2. The number of hydrogen-bond donors (Lipinski definition) is 0. The summed E-state index contributed by atoms with van der Waals surface area (Å²) in [5, 5.41) is 5.64. The van der Waals surface area contributed by atoms with E-state index in [9.17, 15) is 14.4 Å². The average molecular weight is 1900 g/mol. The SMILES string of the molecule is Brc1sc2c(Br)c(Br)sc2c1Br.Cc1cc2cc3c(cc2s1)sc1c2cc4cc(C)sc4cc2sc31.Cc1ccc(C=O)s1.Cc1ccc(Cc2sc3c(Br)c(Cc4ccc(C)s4)sc3c2Br)s1.Cc1ccc(Cc2sc3c(C=O)c(Cc4ccc(C)s4)sc3c2C=O)s1. The van der Waals surface area contributed by atoms with Crippen molar-refractivity contribution in [2.75, 3.05) is 0 Å². The molecule has 94 heavy (non-hydrogen) atoms. The van der Waals surface area contributed by atoms with Crippen molar-refractivity contribution in [3.8, 4) is 0 Å². The molecule has 0 saturated carbocycles. The Morgan fingerprint density at radius 3 is 0.947 bits per heavy atom. The van der Waals surface area contributed by atoms with Gasteiger partial charge in [-0.15, -0.1) is 170 Å². The van der Waals surface area contributed by atoms with Crippen molar-refractivity contribution < 1.29 is 14.4 Å². The third kappa shape index (κ3) is 15.1.